The van der Waals surface area contributed by atoms with Gasteiger partial charge in [0.2, 0.25) is 0 Å². The lowest BCUT2D eigenvalue weighted by Gasteiger charge is -2.27. The van der Waals surface area contributed by atoms with Gasteiger partial charge < -0.3 is 4.90 Å². The molecule has 0 saturated heterocycles. The Kier molecular flexibility index (Phi) is 5.12. The van der Waals surface area contributed by atoms with Gasteiger partial charge in [-0.15, -0.1) is 11.3 Å². The van der Waals surface area contributed by atoms with Crippen molar-refractivity contribution >= 4 is 34.4 Å². The Balaban J connectivity index is 1.76. The molecule has 1 fully saturated rings. The van der Waals surface area contributed by atoms with Crippen molar-refractivity contribution in [2.24, 2.45) is 0 Å². The van der Waals surface area contributed by atoms with Crippen molar-refractivity contribution in [2.45, 2.75) is 44.6 Å². The number of amides is 2. The Bertz CT molecular complexity index is 850. The number of anilines is 1. The van der Waals surface area contributed by atoms with E-state index in [-0.39, 0.29) is 17.9 Å². The maximum Gasteiger partial charge on any atom is 0.278 e. The number of benzene rings is 1. The second kappa shape index (κ2) is 7.69. The third-order valence-electron chi connectivity index (χ3n) is 5.53. The van der Waals surface area contributed by atoms with Crippen molar-refractivity contribution in [3.05, 3.63) is 58.4 Å². The van der Waals surface area contributed by atoms with E-state index in [4.69, 9.17) is 0 Å². The number of thiophene rings is 1. The molecule has 0 N–H and O–H groups in total. The van der Waals surface area contributed by atoms with Crippen LogP contribution in [0, 0.1) is 0 Å². The van der Waals surface area contributed by atoms with E-state index in [1.165, 1.54) is 24.2 Å². The Morgan fingerprint density at radius 2 is 1.63 bits per heavy atom. The normalized spacial score (nSPS) is 18.9. The number of hydrogen-bond acceptors (Lipinski definition) is 4. The van der Waals surface area contributed by atoms with Crippen LogP contribution in [0.5, 0.6) is 0 Å². The summed E-state index contributed by atoms with van der Waals surface area (Å²) in [5, 5.41) is 1.95. The quantitative estimate of drug-likeness (QED) is 0.571. The first kappa shape index (κ1) is 18.0. The first-order chi connectivity index (χ1) is 13.2. The van der Waals surface area contributed by atoms with Crippen molar-refractivity contribution in [1.29, 1.82) is 0 Å². The van der Waals surface area contributed by atoms with Gasteiger partial charge in [-0.3, -0.25) is 14.5 Å². The van der Waals surface area contributed by atoms with Gasteiger partial charge in [0.1, 0.15) is 5.70 Å². The van der Waals surface area contributed by atoms with Crippen LogP contribution in [-0.2, 0) is 9.59 Å². The number of imide groups is 1. The lowest BCUT2D eigenvalue weighted by Crippen LogP contribution is -2.42. The maximum absolute atomic E-state index is 13.5. The standard InChI is InChI=1S/C22H24N2O2S/c1-23(16-10-7-4-8-11-16)20-19(18-14-9-15-27-18)21(25)24(22(20)26)17-12-5-2-3-6-13-17/h4,7-11,14-15,17H,2-3,5-6,12-13H2,1H3. The van der Waals surface area contributed by atoms with Gasteiger partial charge in [-0.05, 0) is 36.4 Å². The van der Waals surface area contributed by atoms with Crippen molar-refractivity contribution in [1.82, 2.24) is 4.90 Å². The van der Waals surface area contributed by atoms with Gasteiger partial charge in [0.05, 0.1) is 5.57 Å². The van der Waals surface area contributed by atoms with E-state index in [1.54, 1.807) is 4.90 Å². The van der Waals surface area contributed by atoms with Gasteiger partial charge in [0, 0.05) is 23.7 Å². The molecule has 0 atom stereocenters. The zero-order valence-corrected chi connectivity index (χ0v) is 16.4. The Hall–Kier alpha value is -2.40. The van der Waals surface area contributed by atoms with Crippen LogP contribution in [0.1, 0.15) is 43.4 Å². The Labute approximate surface area is 164 Å². The fourth-order valence-electron chi connectivity index (χ4n) is 4.12. The van der Waals surface area contributed by atoms with E-state index >= 15 is 0 Å². The summed E-state index contributed by atoms with van der Waals surface area (Å²) in [6.45, 7) is 0. The summed E-state index contributed by atoms with van der Waals surface area (Å²) < 4.78 is 0. The third-order valence-corrected chi connectivity index (χ3v) is 6.41. The molecule has 1 saturated carbocycles. The monoisotopic (exact) mass is 380 g/mol. The van der Waals surface area contributed by atoms with Crippen molar-refractivity contribution < 1.29 is 9.59 Å². The van der Waals surface area contributed by atoms with Crippen LogP contribution in [0.4, 0.5) is 5.69 Å². The highest BCUT2D eigenvalue weighted by Gasteiger charge is 2.44. The molecule has 140 valence electrons. The summed E-state index contributed by atoms with van der Waals surface area (Å²) in [4.78, 5) is 31.1. The first-order valence-electron chi connectivity index (χ1n) is 9.63. The van der Waals surface area contributed by atoms with Crippen molar-refractivity contribution in [2.75, 3.05) is 11.9 Å². The number of likely N-dealkylation sites (N-methyl/N-ethyl adjacent to an activating group) is 1. The van der Waals surface area contributed by atoms with Crippen LogP contribution in [0.3, 0.4) is 0 Å². The molecule has 4 rings (SSSR count). The van der Waals surface area contributed by atoms with E-state index in [1.807, 2.05) is 59.8 Å². The number of para-hydroxylation sites is 1. The minimum absolute atomic E-state index is 0.0177. The molecule has 2 heterocycles. The zero-order chi connectivity index (χ0) is 18.8. The number of carbonyl (C=O) groups excluding carboxylic acids is 2. The van der Waals surface area contributed by atoms with Crippen molar-refractivity contribution in [3.8, 4) is 0 Å². The molecule has 2 aliphatic rings. The average molecular weight is 381 g/mol. The minimum atomic E-state index is -0.151. The second-order valence-corrected chi connectivity index (χ2v) is 8.17. The van der Waals surface area contributed by atoms with Crippen LogP contribution in [0.25, 0.3) is 5.57 Å². The van der Waals surface area contributed by atoms with Crippen LogP contribution in [0.2, 0.25) is 0 Å². The fraction of sp³-hybridized carbons (Fsp3) is 0.364. The van der Waals surface area contributed by atoms with Crippen molar-refractivity contribution in [3.63, 3.8) is 0 Å². The molecule has 0 radical (unpaired) electrons. The molecule has 0 spiro atoms. The molecule has 1 aliphatic heterocycles. The molecule has 2 amide bonds. The van der Waals surface area contributed by atoms with Gasteiger partial charge in [0.25, 0.3) is 11.8 Å². The van der Waals surface area contributed by atoms with E-state index in [9.17, 15) is 9.59 Å². The lowest BCUT2D eigenvalue weighted by molar-refractivity contribution is -0.139. The smallest absolute Gasteiger partial charge is 0.278 e. The average Bonchev–Trinajstić information content (AvgIpc) is 3.20. The third kappa shape index (κ3) is 3.32. The summed E-state index contributed by atoms with van der Waals surface area (Å²) in [7, 11) is 1.88. The van der Waals surface area contributed by atoms with Crippen LogP contribution >= 0.6 is 11.3 Å². The van der Waals surface area contributed by atoms with Gasteiger partial charge in [-0.1, -0.05) is 49.9 Å². The predicted octanol–water partition coefficient (Wildman–Crippen LogP) is 4.69. The molecule has 27 heavy (non-hydrogen) atoms. The molecular formula is C22H24N2O2S. The highest BCUT2D eigenvalue weighted by atomic mass is 32.1. The summed E-state index contributed by atoms with van der Waals surface area (Å²) >= 11 is 1.51. The van der Waals surface area contributed by atoms with Gasteiger partial charge in [0.15, 0.2) is 0 Å². The highest BCUT2D eigenvalue weighted by Crippen LogP contribution is 2.38. The molecule has 2 aromatic rings. The zero-order valence-electron chi connectivity index (χ0n) is 15.6. The van der Waals surface area contributed by atoms with Gasteiger partial charge in [-0.2, -0.15) is 0 Å². The highest BCUT2D eigenvalue weighted by molar-refractivity contribution is 7.11. The molecule has 0 unspecified atom stereocenters. The molecule has 4 nitrogen and oxygen atoms in total. The van der Waals surface area contributed by atoms with Crippen LogP contribution in [-0.4, -0.2) is 29.8 Å². The molecule has 5 heteroatoms. The molecule has 1 aromatic heterocycles. The predicted molar refractivity (Wildman–Crippen MR) is 109 cm³/mol. The summed E-state index contributed by atoms with van der Waals surface area (Å²) in [6.07, 6.45) is 6.37. The molecule has 1 aromatic carbocycles. The van der Waals surface area contributed by atoms with E-state index in [2.05, 4.69) is 0 Å². The van der Waals surface area contributed by atoms with Gasteiger partial charge in [-0.25, -0.2) is 0 Å². The molecular weight excluding hydrogens is 356 g/mol. The largest absolute Gasteiger partial charge is 0.339 e. The Morgan fingerprint density at radius 1 is 0.926 bits per heavy atom. The van der Waals surface area contributed by atoms with E-state index in [0.29, 0.717) is 11.3 Å². The van der Waals surface area contributed by atoms with E-state index < -0.39 is 0 Å². The first-order valence-corrected chi connectivity index (χ1v) is 10.5. The summed E-state index contributed by atoms with van der Waals surface area (Å²) in [5.74, 6) is -0.284. The van der Waals surface area contributed by atoms with E-state index in [0.717, 1.165) is 36.2 Å². The summed E-state index contributed by atoms with van der Waals surface area (Å²) in [5.41, 5.74) is 1.95. The number of carbonyl (C=O) groups is 2. The number of rotatable bonds is 4. The lowest BCUT2D eigenvalue weighted by atomic mass is 10.1. The number of hydrogen-bond donors (Lipinski definition) is 0. The topological polar surface area (TPSA) is 40.6 Å². The maximum atomic E-state index is 13.5. The minimum Gasteiger partial charge on any atom is -0.339 e. The summed E-state index contributed by atoms with van der Waals surface area (Å²) in [6, 6.07) is 13.6. The molecule has 0 bridgehead atoms. The number of nitrogens with zero attached hydrogens (tertiary/aromatic N) is 2. The SMILES string of the molecule is CN(C1=C(c2cccs2)C(=O)N(C2CCCCCC2)C1=O)c1ccccc1. The van der Waals surface area contributed by atoms with Crippen LogP contribution in [0.15, 0.2) is 53.5 Å². The second-order valence-electron chi connectivity index (χ2n) is 7.22. The van der Waals surface area contributed by atoms with Gasteiger partial charge >= 0.3 is 0 Å². The molecule has 1 aliphatic carbocycles. The fourth-order valence-corrected chi connectivity index (χ4v) is 4.88. The van der Waals surface area contributed by atoms with Crippen LogP contribution < -0.4 is 4.90 Å². The Morgan fingerprint density at radius 3 is 2.26 bits per heavy atom.